The predicted molar refractivity (Wildman–Crippen MR) is 127 cm³/mol. The number of aromatic amines is 1. The van der Waals surface area contributed by atoms with Gasteiger partial charge in [-0.15, -0.1) is 0 Å². The van der Waals surface area contributed by atoms with Crippen LogP contribution >= 0.6 is 0 Å². The van der Waals surface area contributed by atoms with Crippen molar-refractivity contribution in [3.63, 3.8) is 0 Å². The first-order valence-electron chi connectivity index (χ1n) is 10.9. The highest BCUT2D eigenvalue weighted by molar-refractivity contribution is 5.54. The molecule has 0 spiro atoms. The lowest BCUT2D eigenvalue weighted by molar-refractivity contribution is 0.646. The molecule has 156 valence electrons. The van der Waals surface area contributed by atoms with Gasteiger partial charge in [0.1, 0.15) is 5.82 Å². The van der Waals surface area contributed by atoms with Crippen molar-refractivity contribution < 1.29 is 0 Å². The van der Waals surface area contributed by atoms with Gasteiger partial charge in [0.2, 0.25) is 0 Å². The summed E-state index contributed by atoms with van der Waals surface area (Å²) in [5.74, 6) is 1.23. The summed E-state index contributed by atoms with van der Waals surface area (Å²) in [6, 6.07) is 30.6. The van der Waals surface area contributed by atoms with Gasteiger partial charge in [0, 0.05) is 17.5 Å². The van der Waals surface area contributed by atoms with Crippen LogP contribution < -0.4 is 5.56 Å². The normalized spacial score (nSPS) is 12.1. The first-order chi connectivity index (χ1) is 15.1. The Bertz CT molecular complexity index is 1160. The van der Waals surface area contributed by atoms with Gasteiger partial charge >= 0.3 is 0 Å². The minimum Gasteiger partial charge on any atom is -0.307 e. The smallest absolute Gasteiger partial charge is 0.251 e. The summed E-state index contributed by atoms with van der Waals surface area (Å²) in [6.07, 6.45) is 1.85. The Hall–Kier alpha value is -3.46. The van der Waals surface area contributed by atoms with E-state index in [0.29, 0.717) is 11.7 Å². The molecule has 0 bridgehead atoms. The molecular weight excluding hydrogens is 380 g/mol. The molecule has 0 aliphatic heterocycles. The van der Waals surface area contributed by atoms with E-state index in [2.05, 4.69) is 67.4 Å². The summed E-state index contributed by atoms with van der Waals surface area (Å²) >= 11 is 0. The molecule has 1 aromatic heterocycles. The zero-order valence-electron chi connectivity index (χ0n) is 18.1. The van der Waals surface area contributed by atoms with Gasteiger partial charge in [-0.2, -0.15) is 0 Å². The maximum absolute atomic E-state index is 12.6. The molecule has 0 saturated carbocycles. The van der Waals surface area contributed by atoms with Crippen LogP contribution in [0.4, 0.5) is 0 Å². The van der Waals surface area contributed by atoms with Gasteiger partial charge in [-0.1, -0.05) is 98.8 Å². The summed E-state index contributed by atoms with van der Waals surface area (Å²) in [5, 5.41) is 0. The molecule has 4 aromatic rings. The average Bonchev–Trinajstić information content (AvgIpc) is 2.79. The SMILES string of the molecule is CC(C)Cc1ccc(C(Cc2ccccc2)c2cc(=O)[nH]c(-c3ccccc3)n2)cc1. The van der Waals surface area contributed by atoms with E-state index >= 15 is 0 Å². The molecule has 0 aliphatic rings. The van der Waals surface area contributed by atoms with Crippen molar-refractivity contribution in [1.29, 1.82) is 0 Å². The average molecular weight is 409 g/mol. The number of benzene rings is 3. The third-order valence-electron chi connectivity index (χ3n) is 5.47. The maximum atomic E-state index is 12.6. The van der Waals surface area contributed by atoms with Crippen LogP contribution in [0.2, 0.25) is 0 Å². The Balaban J connectivity index is 1.76. The summed E-state index contributed by atoms with van der Waals surface area (Å²) in [6.45, 7) is 4.47. The standard InChI is InChI=1S/C28H28N2O/c1-20(2)17-22-13-15-23(16-14-22)25(18-21-9-5-3-6-10-21)26-19-27(31)30-28(29-26)24-11-7-4-8-12-24/h3-16,19-20,25H,17-18H2,1-2H3,(H,29,30,31). The number of hydrogen-bond donors (Lipinski definition) is 1. The summed E-state index contributed by atoms with van der Waals surface area (Å²) in [4.78, 5) is 20.3. The molecule has 4 rings (SSSR count). The lowest BCUT2D eigenvalue weighted by atomic mass is 9.88. The monoisotopic (exact) mass is 408 g/mol. The molecule has 1 atom stereocenters. The zero-order valence-corrected chi connectivity index (χ0v) is 18.1. The number of hydrogen-bond acceptors (Lipinski definition) is 2. The van der Waals surface area contributed by atoms with Crippen LogP contribution in [0.1, 0.15) is 42.1 Å². The fourth-order valence-corrected chi connectivity index (χ4v) is 3.99. The maximum Gasteiger partial charge on any atom is 0.251 e. The van der Waals surface area contributed by atoms with Gasteiger partial charge in [0.15, 0.2) is 0 Å². The van der Waals surface area contributed by atoms with Gasteiger partial charge in [-0.3, -0.25) is 4.79 Å². The molecule has 0 saturated heterocycles. The fourth-order valence-electron chi connectivity index (χ4n) is 3.99. The van der Waals surface area contributed by atoms with Crippen molar-refractivity contribution in [3.05, 3.63) is 124 Å². The zero-order chi connectivity index (χ0) is 21.6. The van der Waals surface area contributed by atoms with Crippen LogP contribution in [0, 0.1) is 5.92 Å². The minimum atomic E-state index is -0.127. The van der Waals surface area contributed by atoms with Gasteiger partial charge in [0.25, 0.3) is 5.56 Å². The fraction of sp³-hybridized carbons (Fsp3) is 0.214. The Morgan fingerprint density at radius 3 is 2.03 bits per heavy atom. The van der Waals surface area contributed by atoms with Crippen molar-refractivity contribution in [2.24, 2.45) is 5.92 Å². The molecular formula is C28H28N2O. The number of rotatable bonds is 7. The van der Waals surface area contributed by atoms with E-state index in [0.717, 1.165) is 24.1 Å². The summed E-state index contributed by atoms with van der Waals surface area (Å²) in [7, 11) is 0. The summed E-state index contributed by atoms with van der Waals surface area (Å²) in [5.41, 5.74) is 5.31. The highest BCUT2D eigenvalue weighted by Gasteiger charge is 2.19. The highest BCUT2D eigenvalue weighted by atomic mass is 16.1. The first-order valence-corrected chi connectivity index (χ1v) is 10.9. The third kappa shape index (κ3) is 5.37. The van der Waals surface area contributed by atoms with Crippen molar-refractivity contribution in [2.45, 2.75) is 32.6 Å². The minimum absolute atomic E-state index is 0.000243. The molecule has 1 N–H and O–H groups in total. The van der Waals surface area contributed by atoms with Crippen LogP contribution in [0.5, 0.6) is 0 Å². The van der Waals surface area contributed by atoms with Crippen molar-refractivity contribution >= 4 is 0 Å². The Morgan fingerprint density at radius 1 is 0.774 bits per heavy atom. The second kappa shape index (κ2) is 9.57. The predicted octanol–water partition coefficient (Wildman–Crippen LogP) is 6.01. The lowest BCUT2D eigenvalue weighted by Crippen LogP contribution is -2.15. The highest BCUT2D eigenvalue weighted by Crippen LogP contribution is 2.28. The van der Waals surface area contributed by atoms with E-state index in [-0.39, 0.29) is 11.5 Å². The third-order valence-corrected chi connectivity index (χ3v) is 5.47. The van der Waals surface area contributed by atoms with E-state index in [1.165, 1.54) is 16.7 Å². The van der Waals surface area contributed by atoms with Crippen LogP contribution in [0.15, 0.2) is 95.8 Å². The molecule has 31 heavy (non-hydrogen) atoms. The van der Waals surface area contributed by atoms with Crippen molar-refractivity contribution in [3.8, 4) is 11.4 Å². The van der Waals surface area contributed by atoms with Crippen LogP contribution in [0.3, 0.4) is 0 Å². The molecule has 0 fully saturated rings. The van der Waals surface area contributed by atoms with E-state index in [4.69, 9.17) is 4.98 Å². The number of H-pyrrole nitrogens is 1. The largest absolute Gasteiger partial charge is 0.307 e. The van der Waals surface area contributed by atoms with E-state index in [1.54, 1.807) is 6.07 Å². The Labute approximate surface area is 183 Å². The molecule has 0 amide bonds. The number of aromatic nitrogens is 2. The topological polar surface area (TPSA) is 45.8 Å². The number of nitrogens with one attached hydrogen (secondary N) is 1. The quantitative estimate of drug-likeness (QED) is 0.407. The van der Waals surface area contributed by atoms with Crippen LogP contribution in [0.25, 0.3) is 11.4 Å². The molecule has 0 aliphatic carbocycles. The first kappa shape index (κ1) is 20.8. The van der Waals surface area contributed by atoms with Gasteiger partial charge in [-0.05, 0) is 35.4 Å². The Kier molecular flexibility index (Phi) is 6.42. The van der Waals surface area contributed by atoms with E-state index in [1.807, 2.05) is 36.4 Å². The molecule has 3 heteroatoms. The molecule has 3 nitrogen and oxygen atoms in total. The Morgan fingerprint density at radius 2 is 1.39 bits per heavy atom. The number of nitrogens with zero attached hydrogens (tertiary/aromatic N) is 1. The van der Waals surface area contributed by atoms with E-state index in [9.17, 15) is 4.79 Å². The van der Waals surface area contributed by atoms with Gasteiger partial charge < -0.3 is 4.98 Å². The second-order valence-electron chi connectivity index (χ2n) is 8.47. The van der Waals surface area contributed by atoms with Gasteiger partial charge in [0.05, 0.1) is 5.69 Å². The van der Waals surface area contributed by atoms with Crippen molar-refractivity contribution in [1.82, 2.24) is 9.97 Å². The van der Waals surface area contributed by atoms with E-state index < -0.39 is 0 Å². The van der Waals surface area contributed by atoms with Crippen molar-refractivity contribution in [2.75, 3.05) is 0 Å². The van der Waals surface area contributed by atoms with Crippen LogP contribution in [-0.4, -0.2) is 9.97 Å². The molecule has 1 heterocycles. The molecule has 1 unspecified atom stereocenters. The summed E-state index contributed by atoms with van der Waals surface area (Å²) < 4.78 is 0. The van der Waals surface area contributed by atoms with Crippen LogP contribution in [-0.2, 0) is 12.8 Å². The second-order valence-corrected chi connectivity index (χ2v) is 8.47. The molecule has 3 aromatic carbocycles. The molecule has 0 radical (unpaired) electrons. The van der Waals surface area contributed by atoms with Gasteiger partial charge in [-0.25, -0.2) is 4.98 Å². The lowest BCUT2D eigenvalue weighted by Gasteiger charge is -2.19.